The van der Waals surface area contributed by atoms with Crippen LogP contribution >= 0.6 is 0 Å². The minimum atomic E-state index is 0.563. The van der Waals surface area contributed by atoms with Crippen LogP contribution in [0, 0.1) is 0 Å². The molecular formula is C6H7N3. The normalized spacial score (nSPS) is 8.89. The first-order valence-corrected chi connectivity index (χ1v) is 2.52. The Labute approximate surface area is 53.3 Å². The summed E-state index contributed by atoms with van der Waals surface area (Å²) in [7, 11) is 0. The smallest absolute Gasteiger partial charge is 0.116 e. The van der Waals surface area contributed by atoms with E-state index >= 15 is 0 Å². The molecule has 0 amide bonds. The third-order valence-electron chi connectivity index (χ3n) is 0.966. The Hall–Kier alpha value is -1.38. The maximum absolute atomic E-state index is 5.43. The molecule has 0 saturated heterocycles. The molecule has 0 bridgehead atoms. The highest BCUT2D eigenvalue weighted by Gasteiger charge is 1.90. The van der Waals surface area contributed by atoms with Gasteiger partial charge in [-0.2, -0.15) is 0 Å². The summed E-state index contributed by atoms with van der Waals surface area (Å²) < 4.78 is 0. The highest BCUT2D eigenvalue weighted by molar-refractivity contribution is 5.57. The molecule has 1 aromatic rings. The SMILES string of the molecule is C=Cc1ncncc1N. The Morgan fingerprint density at radius 3 is 2.89 bits per heavy atom. The van der Waals surface area contributed by atoms with Gasteiger partial charge in [-0.05, 0) is 6.08 Å². The van der Waals surface area contributed by atoms with Gasteiger partial charge in [-0.25, -0.2) is 9.97 Å². The average Bonchev–Trinajstić information content (AvgIpc) is 1.89. The molecule has 0 aliphatic carbocycles. The standard InChI is InChI=1S/C6H7N3/c1-2-6-5(7)3-8-4-9-6/h2-4H,1,7H2. The second-order valence-corrected chi connectivity index (χ2v) is 1.57. The van der Waals surface area contributed by atoms with Crippen LogP contribution in [0.3, 0.4) is 0 Å². The third kappa shape index (κ3) is 1.05. The number of aromatic nitrogens is 2. The van der Waals surface area contributed by atoms with Crippen LogP contribution in [-0.4, -0.2) is 9.97 Å². The molecule has 3 heteroatoms. The molecule has 0 fully saturated rings. The number of hydrogen-bond acceptors (Lipinski definition) is 3. The maximum atomic E-state index is 5.43. The van der Waals surface area contributed by atoms with E-state index in [1.54, 1.807) is 12.3 Å². The minimum Gasteiger partial charge on any atom is -0.396 e. The fourth-order valence-electron chi connectivity index (χ4n) is 0.520. The fourth-order valence-corrected chi connectivity index (χ4v) is 0.520. The van der Waals surface area contributed by atoms with Gasteiger partial charge in [0.05, 0.1) is 17.6 Å². The van der Waals surface area contributed by atoms with Crippen molar-refractivity contribution in [3.05, 3.63) is 24.8 Å². The van der Waals surface area contributed by atoms with E-state index in [0.29, 0.717) is 11.4 Å². The molecule has 1 heterocycles. The number of rotatable bonds is 1. The summed E-state index contributed by atoms with van der Waals surface area (Å²) in [6.45, 7) is 3.52. The molecule has 0 aromatic carbocycles. The molecule has 2 N–H and O–H groups in total. The molecule has 1 aromatic heterocycles. The minimum absolute atomic E-state index is 0.563. The summed E-state index contributed by atoms with van der Waals surface area (Å²) in [5.74, 6) is 0. The monoisotopic (exact) mass is 121 g/mol. The number of nitrogen functional groups attached to an aromatic ring is 1. The highest BCUT2D eigenvalue weighted by atomic mass is 14.8. The summed E-state index contributed by atoms with van der Waals surface area (Å²) >= 11 is 0. The first-order chi connectivity index (χ1) is 4.34. The number of hydrogen-bond donors (Lipinski definition) is 1. The quantitative estimate of drug-likeness (QED) is 0.595. The molecule has 0 unspecified atom stereocenters. The van der Waals surface area contributed by atoms with Crippen molar-refractivity contribution in [2.24, 2.45) is 0 Å². The summed E-state index contributed by atoms with van der Waals surface area (Å²) in [4.78, 5) is 7.55. The summed E-state index contributed by atoms with van der Waals surface area (Å²) in [5.41, 5.74) is 6.68. The van der Waals surface area contributed by atoms with Crippen molar-refractivity contribution in [1.82, 2.24) is 9.97 Å². The number of anilines is 1. The topological polar surface area (TPSA) is 51.8 Å². The van der Waals surface area contributed by atoms with Crippen molar-refractivity contribution in [2.45, 2.75) is 0 Å². The Morgan fingerprint density at radius 2 is 2.44 bits per heavy atom. The van der Waals surface area contributed by atoms with E-state index in [0.717, 1.165) is 0 Å². The van der Waals surface area contributed by atoms with Crippen molar-refractivity contribution >= 4 is 11.8 Å². The second-order valence-electron chi connectivity index (χ2n) is 1.57. The van der Waals surface area contributed by atoms with Crippen LogP contribution in [0.5, 0.6) is 0 Å². The van der Waals surface area contributed by atoms with Crippen LogP contribution in [0.2, 0.25) is 0 Å². The molecule has 0 aliphatic heterocycles. The van der Waals surface area contributed by atoms with Gasteiger partial charge in [-0.15, -0.1) is 0 Å². The summed E-state index contributed by atoms with van der Waals surface area (Å²) in [6, 6.07) is 0. The lowest BCUT2D eigenvalue weighted by Gasteiger charge is -1.93. The van der Waals surface area contributed by atoms with Crippen LogP contribution in [0.1, 0.15) is 5.69 Å². The molecule has 0 radical (unpaired) electrons. The zero-order valence-electron chi connectivity index (χ0n) is 4.91. The molecular weight excluding hydrogens is 114 g/mol. The molecule has 3 nitrogen and oxygen atoms in total. The van der Waals surface area contributed by atoms with Crippen LogP contribution in [0.4, 0.5) is 5.69 Å². The Balaban J connectivity index is 3.15. The van der Waals surface area contributed by atoms with Crippen LogP contribution < -0.4 is 5.73 Å². The Bertz CT molecular complexity index is 219. The zero-order chi connectivity index (χ0) is 6.69. The fraction of sp³-hybridized carbons (Fsp3) is 0. The molecule has 0 aliphatic rings. The van der Waals surface area contributed by atoms with Gasteiger partial charge in [0, 0.05) is 0 Å². The lowest BCUT2D eigenvalue weighted by Crippen LogP contribution is -1.92. The van der Waals surface area contributed by atoms with Gasteiger partial charge in [-0.1, -0.05) is 6.58 Å². The number of nitrogens with zero attached hydrogens (tertiary/aromatic N) is 2. The first-order valence-electron chi connectivity index (χ1n) is 2.52. The predicted octanol–water partition coefficient (Wildman–Crippen LogP) is 0.702. The Kier molecular flexibility index (Phi) is 1.44. The number of nitrogens with two attached hydrogens (primary N) is 1. The van der Waals surface area contributed by atoms with Crippen molar-refractivity contribution < 1.29 is 0 Å². The predicted molar refractivity (Wildman–Crippen MR) is 36.5 cm³/mol. The van der Waals surface area contributed by atoms with Gasteiger partial charge in [0.1, 0.15) is 6.33 Å². The molecule has 0 saturated carbocycles. The van der Waals surface area contributed by atoms with Gasteiger partial charge in [0.2, 0.25) is 0 Å². The molecule has 0 atom stereocenters. The van der Waals surface area contributed by atoms with E-state index in [4.69, 9.17) is 5.73 Å². The van der Waals surface area contributed by atoms with Gasteiger partial charge in [0.25, 0.3) is 0 Å². The van der Waals surface area contributed by atoms with E-state index in [1.165, 1.54) is 6.33 Å². The van der Waals surface area contributed by atoms with Crippen molar-refractivity contribution in [3.63, 3.8) is 0 Å². The van der Waals surface area contributed by atoms with Crippen molar-refractivity contribution in [3.8, 4) is 0 Å². The molecule has 1 rings (SSSR count). The van der Waals surface area contributed by atoms with E-state index in [-0.39, 0.29) is 0 Å². The lowest BCUT2D eigenvalue weighted by molar-refractivity contribution is 1.16. The van der Waals surface area contributed by atoms with Crippen molar-refractivity contribution in [2.75, 3.05) is 5.73 Å². The van der Waals surface area contributed by atoms with E-state index in [9.17, 15) is 0 Å². The van der Waals surface area contributed by atoms with E-state index in [1.807, 2.05) is 0 Å². The van der Waals surface area contributed by atoms with Gasteiger partial charge in [0.15, 0.2) is 0 Å². The summed E-state index contributed by atoms with van der Waals surface area (Å²) in [6.07, 6.45) is 4.58. The van der Waals surface area contributed by atoms with Gasteiger partial charge >= 0.3 is 0 Å². The third-order valence-corrected chi connectivity index (χ3v) is 0.966. The first kappa shape index (κ1) is 5.75. The average molecular weight is 121 g/mol. The zero-order valence-corrected chi connectivity index (χ0v) is 4.91. The summed E-state index contributed by atoms with van der Waals surface area (Å²) in [5, 5.41) is 0. The molecule has 46 valence electrons. The van der Waals surface area contributed by atoms with Crippen LogP contribution in [0.25, 0.3) is 6.08 Å². The van der Waals surface area contributed by atoms with E-state index in [2.05, 4.69) is 16.5 Å². The Morgan fingerprint density at radius 1 is 1.67 bits per heavy atom. The van der Waals surface area contributed by atoms with E-state index < -0.39 is 0 Å². The lowest BCUT2D eigenvalue weighted by atomic mass is 10.3. The second kappa shape index (κ2) is 2.26. The molecule has 0 spiro atoms. The maximum Gasteiger partial charge on any atom is 0.116 e. The van der Waals surface area contributed by atoms with Crippen molar-refractivity contribution in [1.29, 1.82) is 0 Å². The van der Waals surface area contributed by atoms with Gasteiger partial charge < -0.3 is 5.73 Å². The molecule has 9 heavy (non-hydrogen) atoms. The van der Waals surface area contributed by atoms with Crippen LogP contribution in [-0.2, 0) is 0 Å². The van der Waals surface area contributed by atoms with Gasteiger partial charge in [-0.3, -0.25) is 0 Å². The largest absolute Gasteiger partial charge is 0.396 e. The van der Waals surface area contributed by atoms with Crippen LogP contribution in [0.15, 0.2) is 19.1 Å². The highest BCUT2D eigenvalue weighted by Crippen LogP contribution is 2.04.